The van der Waals surface area contributed by atoms with Gasteiger partial charge in [-0.2, -0.15) is 17.0 Å². The number of anilines is 1. The van der Waals surface area contributed by atoms with Crippen LogP contribution in [0.2, 0.25) is 0 Å². The normalized spacial score (nSPS) is 17.5. The van der Waals surface area contributed by atoms with Gasteiger partial charge in [0.2, 0.25) is 5.95 Å². The number of fused-ring (bicyclic) bond motifs is 1. The highest BCUT2D eigenvalue weighted by molar-refractivity contribution is 7.86. The molecular weight excluding hydrogens is 304 g/mol. The van der Waals surface area contributed by atoms with E-state index in [1.165, 1.54) is 8.61 Å². The first kappa shape index (κ1) is 15.2. The zero-order valence-electron chi connectivity index (χ0n) is 13.0. The predicted octanol–water partition coefficient (Wildman–Crippen LogP) is -0.103. The largest absolute Gasteiger partial charge is 0.340 e. The summed E-state index contributed by atoms with van der Waals surface area (Å²) in [6.45, 7) is 2.17. The zero-order valence-corrected chi connectivity index (χ0v) is 13.8. The lowest BCUT2D eigenvalue weighted by molar-refractivity contribution is 0.353. The first-order valence-corrected chi connectivity index (χ1v) is 8.50. The molecule has 8 nitrogen and oxygen atoms in total. The van der Waals surface area contributed by atoms with Crippen LogP contribution in [0.25, 0.3) is 11.0 Å². The standard InChI is InChI=1S/C13H20N6O2S/c1-16(2)22(20,21)19-8-6-18(7-9-19)13-15-11-4-5-14-10-12(11)17(13)3/h4-5,10H,6-9H2,1-3H3. The summed E-state index contributed by atoms with van der Waals surface area (Å²) in [5.41, 5.74) is 1.87. The van der Waals surface area contributed by atoms with Gasteiger partial charge in [0.1, 0.15) is 0 Å². The number of hydrogen-bond donors (Lipinski definition) is 0. The van der Waals surface area contributed by atoms with Crippen LogP contribution < -0.4 is 4.90 Å². The molecule has 22 heavy (non-hydrogen) atoms. The summed E-state index contributed by atoms with van der Waals surface area (Å²) < 4.78 is 29.0. The molecule has 1 aliphatic rings. The van der Waals surface area contributed by atoms with Crippen molar-refractivity contribution in [1.82, 2.24) is 23.1 Å². The Morgan fingerprint density at radius 2 is 1.86 bits per heavy atom. The van der Waals surface area contributed by atoms with Crippen LogP contribution in [0, 0.1) is 0 Å². The smallest absolute Gasteiger partial charge is 0.281 e. The molecule has 0 amide bonds. The molecule has 1 saturated heterocycles. The minimum absolute atomic E-state index is 0.460. The Morgan fingerprint density at radius 3 is 2.45 bits per heavy atom. The minimum atomic E-state index is -3.34. The van der Waals surface area contributed by atoms with Crippen LogP contribution in [-0.2, 0) is 17.3 Å². The molecule has 0 spiro atoms. The molecule has 1 aliphatic heterocycles. The molecule has 9 heteroatoms. The van der Waals surface area contributed by atoms with Gasteiger partial charge in [-0.05, 0) is 6.07 Å². The number of hydrogen-bond acceptors (Lipinski definition) is 5. The van der Waals surface area contributed by atoms with Crippen LogP contribution in [0.1, 0.15) is 0 Å². The number of piperazine rings is 1. The predicted molar refractivity (Wildman–Crippen MR) is 84.9 cm³/mol. The van der Waals surface area contributed by atoms with Gasteiger partial charge in [-0.3, -0.25) is 4.98 Å². The fourth-order valence-electron chi connectivity index (χ4n) is 2.65. The van der Waals surface area contributed by atoms with Crippen LogP contribution in [0.3, 0.4) is 0 Å². The molecule has 0 saturated carbocycles. The van der Waals surface area contributed by atoms with Gasteiger partial charge in [0.25, 0.3) is 10.2 Å². The second kappa shape index (κ2) is 5.49. The Balaban J connectivity index is 1.80. The van der Waals surface area contributed by atoms with E-state index in [4.69, 9.17) is 0 Å². The van der Waals surface area contributed by atoms with Gasteiger partial charge in [0.05, 0.1) is 17.2 Å². The average molecular weight is 324 g/mol. The van der Waals surface area contributed by atoms with Crippen LogP contribution in [0.15, 0.2) is 18.5 Å². The lowest BCUT2D eigenvalue weighted by Crippen LogP contribution is -2.52. The Labute approximate surface area is 130 Å². The molecule has 0 unspecified atom stereocenters. The van der Waals surface area contributed by atoms with Crippen LogP contribution in [-0.4, -0.2) is 71.8 Å². The summed E-state index contributed by atoms with van der Waals surface area (Å²) >= 11 is 0. The van der Waals surface area contributed by atoms with Crippen molar-refractivity contribution < 1.29 is 8.42 Å². The van der Waals surface area contributed by atoms with Gasteiger partial charge in [-0.25, -0.2) is 4.98 Å². The molecule has 0 N–H and O–H groups in total. The number of pyridine rings is 1. The number of rotatable bonds is 3. The number of aryl methyl sites for hydroxylation is 1. The molecule has 2 aromatic heterocycles. The number of aromatic nitrogens is 3. The summed E-state index contributed by atoms with van der Waals surface area (Å²) in [5, 5.41) is 0. The molecule has 0 aliphatic carbocycles. The maximum Gasteiger partial charge on any atom is 0.281 e. The van der Waals surface area contributed by atoms with E-state index in [9.17, 15) is 8.42 Å². The van der Waals surface area contributed by atoms with Crippen molar-refractivity contribution in [2.24, 2.45) is 7.05 Å². The minimum Gasteiger partial charge on any atom is -0.340 e. The molecule has 120 valence electrons. The first-order valence-electron chi connectivity index (χ1n) is 7.10. The van der Waals surface area contributed by atoms with Crippen molar-refractivity contribution in [2.75, 3.05) is 45.2 Å². The van der Waals surface area contributed by atoms with E-state index in [0.29, 0.717) is 26.2 Å². The van der Waals surface area contributed by atoms with Gasteiger partial charge < -0.3 is 9.47 Å². The Morgan fingerprint density at radius 1 is 1.18 bits per heavy atom. The molecule has 2 aromatic rings. The van der Waals surface area contributed by atoms with Gasteiger partial charge in [-0.15, -0.1) is 0 Å². The van der Waals surface area contributed by atoms with Crippen molar-refractivity contribution in [2.45, 2.75) is 0 Å². The van der Waals surface area contributed by atoms with E-state index in [-0.39, 0.29) is 0 Å². The highest BCUT2D eigenvalue weighted by Gasteiger charge is 2.29. The van der Waals surface area contributed by atoms with Crippen LogP contribution >= 0.6 is 0 Å². The third-order valence-electron chi connectivity index (χ3n) is 3.97. The SMILES string of the molecule is CN(C)S(=O)(=O)N1CCN(c2nc3ccncc3n2C)CC1. The number of imidazole rings is 1. The fraction of sp³-hybridized carbons (Fsp3) is 0.538. The first-order chi connectivity index (χ1) is 10.4. The summed E-state index contributed by atoms with van der Waals surface area (Å²) in [5.74, 6) is 0.852. The van der Waals surface area contributed by atoms with Crippen molar-refractivity contribution >= 4 is 27.2 Å². The van der Waals surface area contributed by atoms with E-state index in [1.54, 1.807) is 26.5 Å². The molecule has 0 bridgehead atoms. The van der Waals surface area contributed by atoms with Crippen molar-refractivity contribution in [3.05, 3.63) is 18.5 Å². The Hall–Kier alpha value is -1.71. The maximum atomic E-state index is 12.1. The third kappa shape index (κ3) is 2.44. The summed E-state index contributed by atoms with van der Waals surface area (Å²) in [7, 11) is 1.73. The second-order valence-electron chi connectivity index (χ2n) is 5.51. The molecule has 0 aromatic carbocycles. The summed E-state index contributed by atoms with van der Waals surface area (Å²) in [6.07, 6.45) is 3.51. The molecular formula is C13H20N6O2S. The summed E-state index contributed by atoms with van der Waals surface area (Å²) in [6, 6.07) is 1.88. The fourth-order valence-corrected chi connectivity index (χ4v) is 3.74. The van der Waals surface area contributed by atoms with E-state index in [2.05, 4.69) is 14.9 Å². The van der Waals surface area contributed by atoms with Crippen molar-refractivity contribution in [3.63, 3.8) is 0 Å². The van der Waals surface area contributed by atoms with Gasteiger partial charge in [0, 0.05) is 53.5 Å². The van der Waals surface area contributed by atoms with E-state index >= 15 is 0 Å². The van der Waals surface area contributed by atoms with Crippen molar-refractivity contribution in [3.8, 4) is 0 Å². The van der Waals surface area contributed by atoms with Crippen LogP contribution in [0.4, 0.5) is 5.95 Å². The van der Waals surface area contributed by atoms with Gasteiger partial charge in [0.15, 0.2) is 0 Å². The lowest BCUT2D eigenvalue weighted by atomic mass is 10.4. The quantitative estimate of drug-likeness (QED) is 0.788. The third-order valence-corrected chi connectivity index (χ3v) is 5.91. The van der Waals surface area contributed by atoms with Crippen molar-refractivity contribution in [1.29, 1.82) is 0 Å². The Bertz CT molecular complexity index is 777. The molecule has 0 radical (unpaired) electrons. The van der Waals surface area contributed by atoms with E-state index in [1.807, 2.05) is 17.7 Å². The monoisotopic (exact) mass is 324 g/mol. The zero-order chi connectivity index (χ0) is 15.9. The Kier molecular flexibility index (Phi) is 3.79. The van der Waals surface area contributed by atoms with E-state index < -0.39 is 10.2 Å². The van der Waals surface area contributed by atoms with Gasteiger partial charge in [-0.1, -0.05) is 0 Å². The van der Waals surface area contributed by atoms with Crippen LogP contribution in [0.5, 0.6) is 0 Å². The highest BCUT2D eigenvalue weighted by Crippen LogP contribution is 2.22. The second-order valence-corrected chi connectivity index (χ2v) is 7.65. The summed E-state index contributed by atoms with van der Waals surface area (Å²) in [4.78, 5) is 10.9. The van der Waals surface area contributed by atoms with Gasteiger partial charge >= 0.3 is 0 Å². The van der Waals surface area contributed by atoms with E-state index in [0.717, 1.165) is 17.0 Å². The molecule has 1 fully saturated rings. The molecule has 3 heterocycles. The average Bonchev–Trinajstić information content (AvgIpc) is 2.85. The topological polar surface area (TPSA) is 74.6 Å². The lowest BCUT2D eigenvalue weighted by Gasteiger charge is -2.35. The maximum absolute atomic E-state index is 12.1. The molecule has 3 rings (SSSR count). The number of nitrogens with zero attached hydrogens (tertiary/aromatic N) is 6. The highest BCUT2D eigenvalue weighted by atomic mass is 32.2. The molecule has 0 atom stereocenters.